The first-order valence-electron chi connectivity index (χ1n) is 4.20. The SMILES string of the molecule is COC1=C2C(O)=CC(=O)N=C2C=CC1. The number of ether oxygens (including phenoxy) is 1. The van der Waals surface area contributed by atoms with Gasteiger partial charge in [-0.3, -0.25) is 4.79 Å². The van der Waals surface area contributed by atoms with E-state index in [1.807, 2.05) is 6.08 Å². The van der Waals surface area contributed by atoms with Crippen molar-refractivity contribution in [3.63, 3.8) is 0 Å². The first kappa shape index (κ1) is 8.74. The summed E-state index contributed by atoms with van der Waals surface area (Å²) in [6, 6.07) is 0. The Morgan fingerprint density at radius 2 is 2.36 bits per heavy atom. The molecule has 0 radical (unpaired) electrons. The van der Waals surface area contributed by atoms with E-state index < -0.39 is 5.91 Å². The van der Waals surface area contributed by atoms with Crippen molar-refractivity contribution >= 4 is 11.6 Å². The van der Waals surface area contributed by atoms with Gasteiger partial charge in [-0.1, -0.05) is 6.08 Å². The zero-order chi connectivity index (χ0) is 10.1. The van der Waals surface area contributed by atoms with Crippen molar-refractivity contribution in [2.75, 3.05) is 7.11 Å². The van der Waals surface area contributed by atoms with Crippen LogP contribution in [0, 0.1) is 0 Å². The van der Waals surface area contributed by atoms with E-state index >= 15 is 0 Å². The van der Waals surface area contributed by atoms with Gasteiger partial charge in [-0.05, 0) is 6.08 Å². The third-order valence-electron chi connectivity index (χ3n) is 2.11. The molecule has 0 atom stereocenters. The van der Waals surface area contributed by atoms with E-state index in [9.17, 15) is 9.90 Å². The molecule has 14 heavy (non-hydrogen) atoms. The molecule has 0 saturated heterocycles. The van der Waals surface area contributed by atoms with Crippen LogP contribution in [0.1, 0.15) is 6.42 Å². The molecule has 4 nitrogen and oxygen atoms in total. The number of aliphatic hydroxyl groups is 1. The van der Waals surface area contributed by atoms with Gasteiger partial charge in [0.15, 0.2) is 0 Å². The van der Waals surface area contributed by atoms with Gasteiger partial charge in [-0.2, -0.15) is 0 Å². The summed E-state index contributed by atoms with van der Waals surface area (Å²) in [6.07, 6.45) is 5.25. The van der Waals surface area contributed by atoms with Gasteiger partial charge < -0.3 is 9.84 Å². The number of aliphatic hydroxyl groups excluding tert-OH is 1. The van der Waals surface area contributed by atoms with Crippen LogP contribution in [0.25, 0.3) is 0 Å². The Kier molecular flexibility index (Phi) is 1.96. The zero-order valence-corrected chi connectivity index (χ0v) is 7.65. The normalized spacial score (nSPS) is 20.2. The number of rotatable bonds is 1. The van der Waals surface area contributed by atoms with Crippen molar-refractivity contribution in [3.8, 4) is 0 Å². The van der Waals surface area contributed by atoms with Crippen LogP contribution in [-0.4, -0.2) is 23.8 Å². The van der Waals surface area contributed by atoms with Crippen LogP contribution in [0.2, 0.25) is 0 Å². The second-order valence-corrected chi connectivity index (χ2v) is 2.97. The molecular weight excluding hydrogens is 182 g/mol. The fourth-order valence-electron chi connectivity index (χ4n) is 1.50. The first-order chi connectivity index (χ1) is 6.72. The third-order valence-corrected chi connectivity index (χ3v) is 2.11. The lowest BCUT2D eigenvalue weighted by molar-refractivity contribution is -0.113. The molecule has 0 spiro atoms. The highest BCUT2D eigenvalue weighted by atomic mass is 16.5. The summed E-state index contributed by atoms with van der Waals surface area (Å²) in [4.78, 5) is 14.8. The number of allylic oxidation sites excluding steroid dienone is 3. The molecule has 0 bridgehead atoms. The molecule has 1 heterocycles. The maximum atomic E-state index is 11.0. The molecule has 1 N–H and O–H groups in total. The number of carbonyl (C=O) groups excluding carboxylic acids is 1. The Hall–Kier alpha value is -1.84. The summed E-state index contributed by atoms with van der Waals surface area (Å²) in [5, 5.41) is 9.56. The number of hydrogen-bond acceptors (Lipinski definition) is 3. The van der Waals surface area contributed by atoms with Gasteiger partial charge in [0, 0.05) is 12.5 Å². The second kappa shape index (κ2) is 3.14. The average molecular weight is 191 g/mol. The number of aliphatic imine (C=N–C) groups is 1. The zero-order valence-electron chi connectivity index (χ0n) is 7.65. The van der Waals surface area contributed by atoms with Gasteiger partial charge in [0.25, 0.3) is 5.91 Å². The highest BCUT2D eigenvalue weighted by molar-refractivity contribution is 6.20. The lowest BCUT2D eigenvalue weighted by atomic mass is 9.98. The van der Waals surface area contributed by atoms with Crippen LogP contribution in [0.4, 0.5) is 0 Å². The molecule has 2 rings (SSSR count). The highest BCUT2D eigenvalue weighted by Crippen LogP contribution is 2.25. The van der Waals surface area contributed by atoms with Crippen LogP contribution in [0.15, 0.2) is 40.3 Å². The van der Waals surface area contributed by atoms with Crippen molar-refractivity contribution in [2.45, 2.75) is 6.42 Å². The maximum Gasteiger partial charge on any atom is 0.274 e. The van der Waals surface area contributed by atoms with E-state index in [0.29, 0.717) is 23.5 Å². The van der Waals surface area contributed by atoms with Crippen molar-refractivity contribution in [2.24, 2.45) is 4.99 Å². The highest BCUT2D eigenvalue weighted by Gasteiger charge is 2.24. The minimum Gasteiger partial charge on any atom is -0.507 e. The minimum absolute atomic E-state index is 0.0683. The van der Waals surface area contributed by atoms with Gasteiger partial charge in [-0.25, -0.2) is 4.99 Å². The van der Waals surface area contributed by atoms with Gasteiger partial charge >= 0.3 is 0 Å². The number of hydrogen-bond donors (Lipinski definition) is 1. The Bertz CT molecular complexity index is 413. The molecule has 0 unspecified atom stereocenters. The van der Waals surface area contributed by atoms with Gasteiger partial charge in [0.2, 0.25) is 0 Å². The first-order valence-corrected chi connectivity index (χ1v) is 4.20. The van der Waals surface area contributed by atoms with Gasteiger partial charge in [0.1, 0.15) is 11.5 Å². The predicted octanol–water partition coefficient (Wildman–Crippen LogP) is 1.27. The van der Waals surface area contributed by atoms with E-state index in [-0.39, 0.29) is 5.76 Å². The summed E-state index contributed by atoms with van der Waals surface area (Å²) in [6.45, 7) is 0. The Labute approximate surface area is 80.9 Å². The largest absolute Gasteiger partial charge is 0.507 e. The number of carbonyl (C=O) groups is 1. The van der Waals surface area contributed by atoms with E-state index in [1.165, 1.54) is 7.11 Å². The maximum absolute atomic E-state index is 11.0. The number of fused-ring (bicyclic) bond motifs is 1. The smallest absolute Gasteiger partial charge is 0.274 e. The molecule has 4 heteroatoms. The van der Waals surface area contributed by atoms with Crippen molar-refractivity contribution in [1.29, 1.82) is 0 Å². The van der Waals surface area contributed by atoms with Crippen LogP contribution in [-0.2, 0) is 9.53 Å². The number of nitrogens with zero attached hydrogens (tertiary/aromatic N) is 1. The molecule has 0 aromatic carbocycles. The molecule has 1 aliphatic heterocycles. The summed E-state index contributed by atoms with van der Waals surface area (Å²) in [5.41, 5.74) is 0.993. The lowest BCUT2D eigenvalue weighted by Gasteiger charge is -2.18. The topological polar surface area (TPSA) is 58.9 Å². The van der Waals surface area contributed by atoms with Crippen molar-refractivity contribution in [1.82, 2.24) is 0 Å². The van der Waals surface area contributed by atoms with E-state index in [1.54, 1.807) is 6.08 Å². The number of amides is 1. The van der Waals surface area contributed by atoms with Crippen molar-refractivity contribution in [3.05, 3.63) is 35.3 Å². The molecule has 2 aliphatic rings. The van der Waals surface area contributed by atoms with E-state index in [0.717, 1.165) is 6.08 Å². The van der Waals surface area contributed by atoms with Crippen LogP contribution < -0.4 is 0 Å². The Balaban J connectivity index is 2.54. The van der Waals surface area contributed by atoms with E-state index in [4.69, 9.17) is 4.74 Å². The fourth-order valence-corrected chi connectivity index (χ4v) is 1.50. The molecular formula is C10H9NO3. The molecule has 0 aromatic heterocycles. The molecule has 1 amide bonds. The molecule has 1 aliphatic carbocycles. The third kappa shape index (κ3) is 1.25. The lowest BCUT2D eigenvalue weighted by Crippen LogP contribution is -2.17. The minimum atomic E-state index is -0.441. The standard InChI is InChI=1S/C10H9NO3/c1-14-8-4-2-3-6-10(8)7(12)5-9(13)11-6/h2-3,5,12H,4H2,1H3. The predicted molar refractivity (Wildman–Crippen MR) is 50.9 cm³/mol. The Morgan fingerprint density at radius 1 is 1.57 bits per heavy atom. The van der Waals surface area contributed by atoms with Gasteiger partial charge in [0.05, 0.1) is 18.4 Å². The summed E-state index contributed by atoms with van der Waals surface area (Å²) < 4.78 is 5.10. The number of dihydropyridines is 1. The molecule has 72 valence electrons. The van der Waals surface area contributed by atoms with Crippen LogP contribution in [0.5, 0.6) is 0 Å². The molecule has 0 aromatic rings. The monoisotopic (exact) mass is 191 g/mol. The Morgan fingerprint density at radius 3 is 3.07 bits per heavy atom. The van der Waals surface area contributed by atoms with Crippen LogP contribution >= 0.6 is 0 Å². The van der Waals surface area contributed by atoms with E-state index in [2.05, 4.69) is 4.99 Å². The summed E-state index contributed by atoms with van der Waals surface area (Å²) in [5.74, 6) is 0.122. The molecule has 0 fully saturated rings. The quantitative estimate of drug-likeness (QED) is 0.679. The van der Waals surface area contributed by atoms with Gasteiger partial charge in [-0.15, -0.1) is 0 Å². The molecule has 0 saturated carbocycles. The average Bonchev–Trinajstić information content (AvgIpc) is 2.16. The summed E-state index contributed by atoms with van der Waals surface area (Å²) in [7, 11) is 1.53. The van der Waals surface area contributed by atoms with Crippen molar-refractivity contribution < 1.29 is 14.6 Å². The van der Waals surface area contributed by atoms with Crippen LogP contribution in [0.3, 0.4) is 0 Å². The fraction of sp³-hybridized carbons (Fsp3) is 0.200. The number of methoxy groups -OCH3 is 1. The second-order valence-electron chi connectivity index (χ2n) is 2.97. The summed E-state index contributed by atoms with van der Waals surface area (Å²) >= 11 is 0.